The fourth-order valence-corrected chi connectivity index (χ4v) is 3.53. The molecule has 0 atom stereocenters. The standard InChI is InChI=1S/C22H21N3O3S/c1-14(2)18-13-29-21(24-18)11-10-16-7-5-9-19(23-16)25-20(26)12-15-6-3-4-8-17(15)22(27)28/h3-11,13-14H,12H2,1-2H3,(H,27,28)(H,23,25,26)/b11-10+. The summed E-state index contributed by atoms with van der Waals surface area (Å²) in [5.41, 5.74) is 2.33. The van der Waals surface area contributed by atoms with Gasteiger partial charge in [-0.25, -0.2) is 14.8 Å². The Kier molecular flexibility index (Phi) is 6.51. The predicted octanol–water partition coefficient (Wildman–Crippen LogP) is 4.71. The first-order chi connectivity index (χ1) is 13.9. The highest BCUT2D eigenvalue weighted by molar-refractivity contribution is 7.10. The molecule has 0 radical (unpaired) electrons. The van der Waals surface area contributed by atoms with Crippen molar-refractivity contribution < 1.29 is 14.7 Å². The van der Waals surface area contributed by atoms with Crippen molar-refractivity contribution in [2.45, 2.75) is 26.2 Å². The third kappa shape index (κ3) is 5.58. The quantitative estimate of drug-likeness (QED) is 0.592. The lowest BCUT2D eigenvalue weighted by Gasteiger charge is -2.07. The molecule has 6 nitrogen and oxygen atoms in total. The van der Waals surface area contributed by atoms with Gasteiger partial charge in [0.2, 0.25) is 5.91 Å². The van der Waals surface area contributed by atoms with E-state index < -0.39 is 5.97 Å². The highest BCUT2D eigenvalue weighted by Gasteiger charge is 2.13. The number of anilines is 1. The highest BCUT2D eigenvalue weighted by Crippen LogP contribution is 2.19. The van der Waals surface area contributed by atoms with Crippen LogP contribution in [0.15, 0.2) is 47.8 Å². The van der Waals surface area contributed by atoms with Crippen molar-refractivity contribution >= 4 is 41.2 Å². The zero-order chi connectivity index (χ0) is 20.8. The number of nitrogens with one attached hydrogen (secondary N) is 1. The number of nitrogens with zero attached hydrogens (tertiary/aromatic N) is 2. The van der Waals surface area contributed by atoms with E-state index in [1.807, 2.05) is 23.6 Å². The minimum Gasteiger partial charge on any atom is -0.478 e. The van der Waals surface area contributed by atoms with E-state index in [9.17, 15) is 14.7 Å². The molecular weight excluding hydrogens is 386 g/mol. The second-order valence-corrected chi connectivity index (χ2v) is 7.62. The molecule has 0 spiro atoms. The van der Waals surface area contributed by atoms with Gasteiger partial charge in [-0.2, -0.15) is 0 Å². The molecule has 0 saturated heterocycles. The number of carbonyl (C=O) groups excluding carboxylic acids is 1. The van der Waals surface area contributed by atoms with Gasteiger partial charge in [0, 0.05) is 5.38 Å². The average molecular weight is 407 g/mol. The third-order valence-corrected chi connectivity index (χ3v) is 4.99. The molecule has 0 fully saturated rings. The van der Waals surface area contributed by atoms with Crippen molar-refractivity contribution in [1.82, 2.24) is 9.97 Å². The van der Waals surface area contributed by atoms with Crippen LogP contribution in [0, 0.1) is 0 Å². The summed E-state index contributed by atoms with van der Waals surface area (Å²) in [7, 11) is 0. The number of carboxylic acids is 1. The number of rotatable bonds is 7. The van der Waals surface area contributed by atoms with Crippen LogP contribution >= 0.6 is 11.3 Å². The monoisotopic (exact) mass is 407 g/mol. The molecule has 0 aliphatic carbocycles. The van der Waals surface area contributed by atoms with Crippen LogP contribution in [0.5, 0.6) is 0 Å². The number of hydrogen-bond acceptors (Lipinski definition) is 5. The summed E-state index contributed by atoms with van der Waals surface area (Å²) in [5.74, 6) is -0.585. The molecular formula is C22H21N3O3S. The first kappa shape index (κ1) is 20.4. The molecule has 0 unspecified atom stereocenters. The van der Waals surface area contributed by atoms with Gasteiger partial charge >= 0.3 is 5.97 Å². The zero-order valence-corrected chi connectivity index (χ0v) is 16.9. The Morgan fingerprint density at radius 1 is 1.10 bits per heavy atom. The Morgan fingerprint density at radius 2 is 1.90 bits per heavy atom. The first-order valence-electron chi connectivity index (χ1n) is 9.14. The Labute approximate surface area is 173 Å². The molecule has 0 bridgehead atoms. The fourth-order valence-electron chi connectivity index (χ4n) is 2.66. The maximum Gasteiger partial charge on any atom is 0.335 e. The molecule has 0 saturated carbocycles. The van der Waals surface area contributed by atoms with Crippen molar-refractivity contribution in [1.29, 1.82) is 0 Å². The Balaban J connectivity index is 1.67. The topological polar surface area (TPSA) is 92.2 Å². The van der Waals surface area contributed by atoms with Crippen LogP contribution < -0.4 is 5.32 Å². The SMILES string of the molecule is CC(C)c1csc(/C=C/c2cccc(NC(=O)Cc3ccccc3C(=O)O)n2)n1. The summed E-state index contributed by atoms with van der Waals surface area (Å²) in [5, 5.41) is 14.9. The molecule has 3 aromatic rings. The number of aromatic carboxylic acids is 1. The van der Waals surface area contributed by atoms with E-state index >= 15 is 0 Å². The van der Waals surface area contributed by atoms with Crippen LogP contribution in [0.25, 0.3) is 12.2 Å². The van der Waals surface area contributed by atoms with Crippen LogP contribution in [0.1, 0.15) is 52.1 Å². The van der Waals surface area contributed by atoms with E-state index in [4.69, 9.17) is 0 Å². The van der Waals surface area contributed by atoms with Crippen molar-refractivity contribution in [3.63, 3.8) is 0 Å². The Hall–Kier alpha value is -3.32. The minimum atomic E-state index is -1.05. The van der Waals surface area contributed by atoms with Crippen LogP contribution in [-0.4, -0.2) is 27.0 Å². The molecule has 7 heteroatoms. The van der Waals surface area contributed by atoms with Crippen molar-refractivity contribution in [3.8, 4) is 0 Å². The van der Waals surface area contributed by atoms with Gasteiger partial charge in [0.15, 0.2) is 0 Å². The lowest BCUT2D eigenvalue weighted by Crippen LogP contribution is -2.17. The summed E-state index contributed by atoms with van der Waals surface area (Å²) in [4.78, 5) is 32.6. The molecule has 0 aliphatic heterocycles. The van der Waals surface area contributed by atoms with Crippen molar-refractivity contribution in [2.75, 3.05) is 5.32 Å². The van der Waals surface area contributed by atoms with Crippen LogP contribution in [0.3, 0.4) is 0 Å². The van der Waals surface area contributed by atoms with Crippen LogP contribution in [0.4, 0.5) is 5.82 Å². The number of benzene rings is 1. The van der Waals surface area contributed by atoms with Gasteiger partial charge in [0.05, 0.1) is 23.4 Å². The summed E-state index contributed by atoms with van der Waals surface area (Å²) in [6.07, 6.45) is 3.70. The summed E-state index contributed by atoms with van der Waals surface area (Å²) in [6, 6.07) is 11.8. The lowest BCUT2D eigenvalue weighted by molar-refractivity contribution is -0.115. The fraction of sp³-hybridized carbons (Fsp3) is 0.182. The first-order valence-corrected chi connectivity index (χ1v) is 10.0. The van der Waals surface area contributed by atoms with Gasteiger partial charge in [-0.15, -0.1) is 11.3 Å². The normalized spacial score (nSPS) is 11.1. The summed E-state index contributed by atoms with van der Waals surface area (Å²) >= 11 is 1.57. The Morgan fingerprint density at radius 3 is 2.62 bits per heavy atom. The van der Waals surface area contributed by atoms with Crippen LogP contribution in [0.2, 0.25) is 0 Å². The van der Waals surface area contributed by atoms with E-state index in [1.165, 1.54) is 6.07 Å². The second-order valence-electron chi connectivity index (χ2n) is 6.73. The molecule has 3 rings (SSSR count). The van der Waals surface area contributed by atoms with Gasteiger partial charge in [0.1, 0.15) is 10.8 Å². The molecule has 1 aromatic carbocycles. The summed E-state index contributed by atoms with van der Waals surface area (Å²) < 4.78 is 0. The van der Waals surface area contributed by atoms with Crippen molar-refractivity contribution in [2.24, 2.45) is 0 Å². The molecule has 0 aliphatic rings. The average Bonchev–Trinajstić information content (AvgIpc) is 3.16. The summed E-state index contributed by atoms with van der Waals surface area (Å²) in [6.45, 7) is 4.20. The van der Waals surface area contributed by atoms with Gasteiger partial charge in [-0.1, -0.05) is 38.1 Å². The van der Waals surface area contributed by atoms with Gasteiger partial charge in [-0.05, 0) is 41.8 Å². The molecule has 29 heavy (non-hydrogen) atoms. The molecule has 2 aromatic heterocycles. The maximum atomic E-state index is 12.3. The number of thiazole rings is 1. The number of pyridine rings is 1. The van der Waals surface area contributed by atoms with E-state index in [1.54, 1.807) is 41.7 Å². The van der Waals surface area contributed by atoms with E-state index in [2.05, 4.69) is 29.1 Å². The van der Waals surface area contributed by atoms with Crippen LogP contribution in [-0.2, 0) is 11.2 Å². The number of amides is 1. The number of carboxylic acid groups (broad SMARTS) is 1. The predicted molar refractivity (Wildman–Crippen MR) is 115 cm³/mol. The largest absolute Gasteiger partial charge is 0.478 e. The second kappa shape index (κ2) is 9.25. The van der Waals surface area contributed by atoms with E-state index in [-0.39, 0.29) is 17.9 Å². The van der Waals surface area contributed by atoms with Crippen molar-refractivity contribution in [3.05, 3.63) is 75.4 Å². The molecule has 2 heterocycles. The van der Waals surface area contributed by atoms with E-state index in [0.717, 1.165) is 10.7 Å². The smallest absolute Gasteiger partial charge is 0.335 e. The molecule has 1 amide bonds. The number of carbonyl (C=O) groups is 2. The van der Waals surface area contributed by atoms with Gasteiger partial charge in [-0.3, -0.25) is 4.79 Å². The minimum absolute atomic E-state index is 0.0404. The van der Waals surface area contributed by atoms with Gasteiger partial charge < -0.3 is 10.4 Å². The number of aromatic nitrogens is 2. The third-order valence-electron chi connectivity index (χ3n) is 4.16. The zero-order valence-electron chi connectivity index (χ0n) is 16.1. The Bertz CT molecular complexity index is 1060. The highest BCUT2D eigenvalue weighted by atomic mass is 32.1. The van der Waals surface area contributed by atoms with E-state index in [0.29, 0.717) is 23.0 Å². The lowest BCUT2D eigenvalue weighted by atomic mass is 10.0. The number of hydrogen-bond donors (Lipinski definition) is 2. The molecule has 2 N–H and O–H groups in total. The van der Waals surface area contributed by atoms with Gasteiger partial charge in [0.25, 0.3) is 0 Å². The molecule has 148 valence electrons. The maximum absolute atomic E-state index is 12.3.